The van der Waals surface area contributed by atoms with Crippen molar-refractivity contribution >= 4 is 23.1 Å². The number of hydrogen-bond donors (Lipinski definition) is 6. The maximum absolute atomic E-state index is 13.9. The summed E-state index contributed by atoms with van der Waals surface area (Å²) in [5, 5.41) is 64.4. The number of rotatable bonds is 3. The van der Waals surface area contributed by atoms with E-state index in [2.05, 4.69) is 0 Å². The number of hydrogen-bond acceptors (Lipinski definition) is 12. The molecule has 0 saturated carbocycles. The molecule has 0 unspecified atom stereocenters. The zero-order chi connectivity index (χ0) is 32.2. The predicted molar refractivity (Wildman–Crippen MR) is 151 cm³/mol. The summed E-state index contributed by atoms with van der Waals surface area (Å²) in [5.74, 6) is -5.41. The molecule has 0 bridgehead atoms. The van der Waals surface area contributed by atoms with Gasteiger partial charge < -0.3 is 40.1 Å². The first-order valence-corrected chi connectivity index (χ1v) is 13.4. The number of methoxy groups -OCH3 is 2. The Morgan fingerprint density at radius 3 is 1.68 bits per heavy atom. The van der Waals surface area contributed by atoms with E-state index in [-0.39, 0.29) is 56.2 Å². The lowest BCUT2D eigenvalue weighted by Crippen LogP contribution is -2.56. The van der Waals surface area contributed by atoms with E-state index >= 15 is 0 Å². The largest absolute Gasteiger partial charge is 0.508 e. The zero-order valence-corrected chi connectivity index (χ0v) is 23.8. The van der Waals surface area contributed by atoms with Gasteiger partial charge >= 0.3 is 0 Å². The number of Topliss-reactive ketones (excluding diaryl/α,β-unsaturated/α-hetero) is 2. The molecule has 0 amide bonds. The van der Waals surface area contributed by atoms with Crippen LogP contribution in [-0.2, 0) is 0 Å². The Bertz CT molecular complexity index is 1930. The van der Waals surface area contributed by atoms with Crippen LogP contribution in [0.5, 0.6) is 28.7 Å². The first-order chi connectivity index (χ1) is 20.7. The van der Waals surface area contributed by atoms with Crippen molar-refractivity contribution in [2.75, 3.05) is 14.2 Å². The molecule has 226 valence electrons. The lowest BCUT2D eigenvalue weighted by atomic mass is 9.69. The Balaban J connectivity index is 1.62. The smallest absolute Gasteiger partial charge is 0.198 e. The summed E-state index contributed by atoms with van der Waals surface area (Å²) in [6, 6.07) is 4.61. The van der Waals surface area contributed by atoms with E-state index < -0.39 is 75.6 Å². The summed E-state index contributed by atoms with van der Waals surface area (Å²) in [7, 11) is 2.36. The van der Waals surface area contributed by atoms with Crippen molar-refractivity contribution in [1.29, 1.82) is 0 Å². The van der Waals surface area contributed by atoms with Gasteiger partial charge in [-0.1, -0.05) is 0 Å². The summed E-state index contributed by atoms with van der Waals surface area (Å²) >= 11 is 0. The van der Waals surface area contributed by atoms with Gasteiger partial charge in [0.15, 0.2) is 23.1 Å². The molecule has 0 saturated heterocycles. The highest BCUT2D eigenvalue weighted by Crippen LogP contribution is 2.52. The number of aliphatic hydroxyl groups is 3. The van der Waals surface area contributed by atoms with Crippen LogP contribution in [0.2, 0.25) is 0 Å². The topological polar surface area (TPSA) is 208 Å². The number of aliphatic hydroxyl groups excluding tert-OH is 2. The number of ketones is 4. The summed E-state index contributed by atoms with van der Waals surface area (Å²) in [6.45, 7) is 2.66. The van der Waals surface area contributed by atoms with Crippen LogP contribution >= 0.6 is 0 Å². The van der Waals surface area contributed by atoms with Gasteiger partial charge in [-0.05, 0) is 43.7 Å². The van der Waals surface area contributed by atoms with Crippen molar-refractivity contribution in [1.82, 2.24) is 0 Å². The van der Waals surface area contributed by atoms with Crippen LogP contribution in [-0.4, -0.2) is 85.8 Å². The van der Waals surface area contributed by atoms with Gasteiger partial charge in [-0.2, -0.15) is 0 Å². The third kappa shape index (κ3) is 3.62. The Kier molecular flexibility index (Phi) is 6.26. The fourth-order valence-electron chi connectivity index (χ4n) is 6.27. The summed E-state index contributed by atoms with van der Waals surface area (Å²) < 4.78 is 11.1. The predicted octanol–water partition coefficient (Wildman–Crippen LogP) is 2.12. The van der Waals surface area contributed by atoms with Crippen LogP contribution in [0.15, 0.2) is 35.4 Å². The molecular formula is C32H26O12. The minimum Gasteiger partial charge on any atom is -0.508 e. The van der Waals surface area contributed by atoms with Gasteiger partial charge in [0.25, 0.3) is 0 Å². The lowest BCUT2D eigenvalue weighted by Gasteiger charge is -2.41. The van der Waals surface area contributed by atoms with Gasteiger partial charge in [0, 0.05) is 39.8 Å². The van der Waals surface area contributed by atoms with E-state index in [0.717, 1.165) is 32.2 Å². The molecule has 44 heavy (non-hydrogen) atoms. The van der Waals surface area contributed by atoms with Crippen LogP contribution < -0.4 is 9.47 Å². The Morgan fingerprint density at radius 1 is 0.682 bits per heavy atom. The Hall–Kier alpha value is -5.04. The number of phenols is 3. The second kappa shape index (κ2) is 9.48. The number of ether oxygens (including phenoxy) is 2. The highest BCUT2D eigenvalue weighted by molar-refractivity contribution is 6.32. The average Bonchev–Trinajstić information content (AvgIpc) is 2.97. The average molecular weight is 603 g/mol. The van der Waals surface area contributed by atoms with Gasteiger partial charge in [0.05, 0.1) is 42.6 Å². The molecule has 12 nitrogen and oxygen atoms in total. The van der Waals surface area contributed by atoms with E-state index in [4.69, 9.17) is 9.47 Å². The molecule has 12 heteroatoms. The summed E-state index contributed by atoms with van der Waals surface area (Å²) in [5.41, 5.74) is -4.63. The maximum Gasteiger partial charge on any atom is 0.198 e. The van der Waals surface area contributed by atoms with Crippen molar-refractivity contribution in [3.05, 3.63) is 74.4 Å². The number of phenolic OH excluding ortho intramolecular Hbond substituents is 3. The Morgan fingerprint density at radius 2 is 1.14 bits per heavy atom. The molecule has 3 aliphatic carbocycles. The molecule has 0 aliphatic heterocycles. The molecule has 0 spiro atoms. The fraction of sp³-hybridized carbons (Fsp3) is 0.250. The highest BCUT2D eigenvalue weighted by atomic mass is 16.5. The van der Waals surface area contributed by atoms with Crippen LogP contribution in [0, 0.1) is 6.92 Å². The van der Waals surface area contributed by atoms with E-state index in [9.17, 15) is 49.8 Å². The minimum atomic E-state index is -2.18. The zero-order valence-electron chi connectivity index (χ0n) is 23.8. The molecule has 3 aromatic carbocycles. The van der Waals surface area contributed by atoms with E-state index in [0.29, 0.717) is 5.56 Å². The monoisotopic (exact) mass is 602 g/mol. The van der Waals surface area contributed by atoms with E-state index in [1.807, 2.05) is 0 Å². The van der Waals surface area contributed by atoms with Crippen molar-refractivity contribution in [2.45, 2.75) is 38.1 Å². The molecule has 0 heterocycles. The summed E-state index contributed by atoms with van der Waals surface area (Å²) in [4.78, 5) is 54.7. The lowest BCUT2D eigenvalue weighted by molar-refractivity contribution is -0.126. The molecule has 3 aromatic rings. The van der Waals surface area contributed by atoms with Crippen molar-refractivity contribution in [3.8, 4) is 39.9 Å². The van der Waals surface area contributed by atoms with Gasteiger partial charge in [-0.15, -0.1) is 0 Å². The van der Waals surface area contributed by atoms with Gasteiger partial charge in [-0.3, -0.25) is 19.2 Å². The van der Waals surface area contributed by atoms with E-state index in [1.165, 1.54) is 13.2 Å². The molecule has 3 atom stereocenters. The summed E-state index contributed by atoms with van der Waals surface area (Å²) in [6.07, 6.45) is -4.02. The molecule has 6 N–H and O–H groups in total. The van der Waals surface area contributed by atoms with Crippen LogP contribution in [0.4, 0.5) is 0 Å². The van der Waals surface area contributed by atoms with Crippen LogP contribution in [0.3, 0.4) is 0 Å². The third-order valence-corrected chi connectivity index (χ3v) is 8.69. The Labute approximate surface area is 249 Å². The SMILES string of the molecule is COc1c(-c2cc(O)c3c(c2OC)C(=O)c2cc(O)c(C)cc2C3=O)cc(O)c2c1C(=O)C1=C(C[C@H](O)[C@@](C)(O)[C@@H]1O)C2=O. The molecule has 0 aromatic heterocycles. The van der Waals surface area contributed by atoms with Gasteiger partial charge in [0.1, 0.15) is 40.5 Å². The molecule has 6 rings (SSSR count). The molecule has 3 aliphatic rings. The molecule has 0 radical (unpaired) electrons. The standard InChI is InChI=1S/C32H26O12/c1-10-5-11-12(6-16(10)33)26(38)23-21(25(11)37)17(34)7-13(29(23)43-3)14-8-18(35)22-24(30(14)44-4)28(40)20-15(27(22)39)9-19(36)32(2,42)31(20)41/h5-8,19,31,33-36,41-42H,9H2,1-4H3/t19-,31+,32+/m0/s1. The number of fused-ring (bicyclic) bond motifs is 3. The first kappa shape index (κ1) is 29.1. The normalized spacial score (nSPS) is 22.3. The minimum absolute atomic E-state index is 0.0351. The quantitative estimate of drug-likeness (QED) is 0.199. The fourth-order valence-corrected chi connectivity index (χ4v) is 6.27. The number of benzene rings is 3. The van der Waals surface area contributed by atoms with E-state index in [1.54, 1.807) is 6.92 Å². The van der Waals surface area contributed by atoms with Gasteiger partial charge in [-0.25, -0.2) is 0 Å². The third-order valence-electron chi connectivity index (χ3n) is 8.69. The maximum atomic E-state index is 13.9. The van der Waals surface area contributed by atoms with Crippen molar-refractivity contribution in [2.24, 2.45) is 0 Å². The van der Waals surface area contributed by atoms with Crippen LogP contribution in [0.1, 0.15) is 71.5 Å². The first-order valence-electron chi connectivity index (χ1n) is 13.4. The van der Waals surface area contributed by atoms with Crippen molar-refractivity contribution in [3.63, 3.8) is 0 Å². The number of aromatic hydroxyl groups is 3. The second-order valence-corrected chi connectivity index (χ2v) is 11.2. The highest BCUT2D eigenvalue weighted by Gasteiger charge is 2.52. The number of aryl methyl sites for hydroxylation is 1. The number of carbonyl (C=O) groups is 4. The van der Waals surface area contributed by atoms with Crippen LogP contribution in [0.25, 0.3) is 11.1 Å². The number of carbonyl (C=O) groups excluding carboxylic acids is 4. The second-order valence-electron chi connectivity index (χ2n) is 11.2. The van der Waals surface area contributed by atoms with Gasteiger partial charge in [0.2, 0.25) is 0 Å². The van der Waals surface area contributed by atoms with Crippen molar-refractivity contribution < 1.29 is 59.3 Å². The molecular weight excluding hydrogens is 576 g/mol. The molecule has 0 fully saturated rings.